The number of nitrogens with one attached hydrogen (secondary N) is 1. The van der Waals surface area contributed by atoms with Crippen LogP contribution in [-0.2, 0) is 6.18 Å². The molecule has 30 heavy (non-hydrogen) atoms. The summed E-state index contributed by atoms with van der Waals surface area (Å²) in [5, 5.41) is 7.01. The fourth-order valence-electron chi connectivity index (χ4n) is 3.35. The Morgan fingerprint density at radius 2 is 2.00 bits per heavy atom. The molecule has 0 bridgehead atoms. The van der Waals surface area contributed by atoms with E-state index in [9.17, 15) is 18.0 Å². The molecule has 4 rings (SSSR count). The summed E-state index contributed by atoms with van der Waals surface area (Å²) >= 11 is 5.99. The molecule has 6 nitrogen and oxygen atoms in total. The van der Waals surface area contributed by atoms with E-state index < -0.39 is 23.8 Å². The minimum atomic E-state index is -4.49. The molecule has 0 aliphatic carbocycles. The lowest BCUT2D eigenvalue weighted by atomic mass is 10.2. The number of aromatic nitrogens is 2. The number of carbonyl (C=O) groups excluding carboxylic acids is 1. The van der Waals surface area contributed by atoms with Gasteiger partial charge in [0.1, 0.15) is 6.04 Å². The van der Waals surface area contributed by atoms with Crippen molar-refractivity contribution in [2.45, 2.75) is 25.1 Å². The van der Waals surface area contributed by atoms with Crippen molar-refractivity contribution >= 4 is 23.3 Å². The van der Waals surface area contributed by atoms with Gasteiger partial charge in [-0.1, -0.05) is 35.0 Å². The smallest absolute Gasteiger partial charge is 0.337 e. The maximum absolute atomic E-state index is 12.9. The van der Waals surface area contributed by atoms with Crippen LogP contribution in [0.15, 0.2) is 53.1 Å². The second-order valence-electron chi connectivity index (χ2n) is 6.83. The first kappa shape index (κ1) is 20.2. The third-order valence-corrected chi connectivity index (χ3v) is 5.00. The normalized spacial score (nSPS) is 16.7. The van der Waals surface area contributed by atoms with E-state index in [-0.39, 0.29) is 11.6 Å². The van der Waals surface area contributed by atoms with Gasteiger partial charge < -0.3 is 14.7 Å². The number of rotatable bonds is 3. The summed E-state index contributed by atoms with van der Waals surface area (Å²) in [6, 6.07) is 10.5. The number of hydrogen-bond acceptors (Lipinski definition) is 4. The predicted octanol–water partition coefficient (Wildman–Crippen LogP) is 5.78. The molecule has 156 valence electrons. The molecule has 2 heterocycles. The van der Waals surface area contributed by atoms with E-state index in [1.54, 1.807) is 24.3 Å². The number of hydrogen-bond donors (Lipinski definition) is 1. The number of likely N-dealkylation sites (tertiary alicyclic amines) is 1. The number of amides is 2. The van der Waals surface area contributed by atoms with Crippen LogP contribution < -0.4 is 5.32 Å². The van der Waals surface area contributed by atoms with Crippen LogP contribution in [0.5, 0.6) is 0 Å². The van der Waals surface area contributed by atoms with Crippen molar-refractivity contribution in [3.05, 3.63) is 65.0 Å². The van der Waals surface area contributed by atoms with E-state index in [0.29, 0.717) is 35.8 Å². The molecule has 1 aliphatic rings. The van der Waals surface area contributed by atoms with E-state index in [4.69, 9.17) is 16.1 Å². The second-order valence-corrected chi connectivity index (χ2v) is 7.26. The summed E-state index contributed by atoms with van der Waals surface area (Å²) in [5.74, 6) is 0.610. The Hall–Kier alpha value is -3.07. The third-order valence-electron chi connectivity index (χ3n) is 4.76. The fourth-order valence-corrected chi connectivity index (χ4v) is 3.54. The Bertz CT molecular complexity index is 1070. The Labute approximate surface area is 174 Å². The van der Waals surface area contributed by atoms with Crippen molar-refractivity contribution in [1.82, 2.24) is 15.0 Å². The Kier molecular flexibility index (Phi) is 5.38. The highest BCUT2D eigenvalue weighted by Gasteiger charge is 2.35. The van der Waals surface area contributed by atoms with E-state index in [0.717, 1.165) is 12.1 Å². The Morgan fingerprint density at radius 1 is 1.20 bits per heavy atom. The summed E-state index contributed by atoms with van der Waals surface area (Å²) in [7, 11) is 0. The Balaban J connectivity index is 1.51. The average molecular weight is 437 g/mol. The molecule has 10 heteroatoms. The molecule has 0 spiro atoms. The first-order valence-corrected chi connectivity index (χ1v) is 9.53. The van der Waals surface area contributed by atoms with Crippen molar-refractivity contribution in [3.63, 3.8) is 0 Å². The summed E-state index contributed by atoms with van der Waals surface area (Å²) in [4.78, 5) is 18.6. The largest absolute Gasteiger partial charge is 0.416 e. The molecule has 0 radical (unpaired) electrons. The molecule has 0 saturated carbocycles. The number of halogens is 4. The zero-order chi connectivity index (χ0) is 21.3. The van der Waals surface area contributed by atoms with Crippen LogP contribution in [0, 0.1) is 0 Å². The highest BCUT2D eigenvalue weighted by atomic mass is 35.5. The molecule has 1 N–H and O–H groups in total. The van der Waals surface area contributed by atoms with Crippen molar-refractivity contribution in [3.8, 4) is 11.4 Å². The zero-order valence-corrected chi connectivity index (χ0v) is 16.2. The fraction of sp³-hybridized carbons (Fsp3) is 0.250. The topological polar surface area (TPSA) is 71.3 Å². The van der Waals surface area contributed by atoms with Gasteiger partial charge in [-0.15, -0.1) is 0 Å². The quantitative estimate of drug-likeness (QED) is 0.565. The van der Waals surface area contributed by atoms with Crippen LogP contribution in [0.2, 0.25) is 5.02 Å². The van der Waals surface area contributed by atoms with Gasteiger partial charge in [0.15, 0.2) is 0 Å². The van der Waals surface area contributed by atoms with Gasteiger partial charge >= 0.3 is 12.2 Å². The number of nitrogens with zero attached hydrogens (tertiary/aromatic N) is 3. The molecule has 1 saturated heterocycles. The molecular formula is C20H16ClF3N4O2. The molecule has 1 atom stereocenters. The molecule has 1 aromatic heterocycles. The average Bonchev–Trinajstić information content (AvgIpc) is 3.37. The van der Waals surface area contributed by atoms with Gasteiger partial charge in [-0.3, -0.25) is 0 Å². The van der Waals surface area contributed by atoms with E-state index in [2.05, 4.69) is 15.5 Å². The van der Waals surface area contributed by atoms with Crippen LogP contribution in [-0.4, -0.2) is 27.6 Å². The van der Waals surface area contributed by atoms with Crippen LogP contribution in [0.1, 0.15) is 30.3 Å². The highest BCUT2D eigenvalue weighted by molar-refractivity contribution is 6.30. The van der Waals surface area contributed by atoms with Gasteiger partial charge in [-0.05, 0) is 43.2 Å². The minimum absolute atomic E-state index is 0.0608. The number of alkyl halides is 3. The summed E-state index contributed by atoms with van der Waals surface area (Å²) in [6.07, 6.45) is -3.18. The monoisotopic (exact) mass is 436 g/mol. The van der Waals surface area contributed by atoms with Crippen LogP contribution in [0.3, 0.4) is 0 Å². The number of benzene rings is 2. The van der Waals surface area contributed by atoms with Gasteiger partial charge in [-0.25, -0.2) is 4.79 Å². The minimum Gasteiger partial charge on any atom is -0.337 e. The van der Waals surface area contributed by atoms with Crippen LogP contribution in [0.25, 0.3) is 11.4 Å². The third kappa shape index (κ3) is 4.25. The SMILES string of the molecule is O=C(Nc1cccc(C(F)(F)F)c1)N1CCCC1c1nc(-c2cccc(Cl)c2)no1. The number of urea groups is 1. The summed E-state index contributed by atoms with van der Waals surface area (Å²) in [5.41, 5.74) is -0.0950. The molecule has 3 aromatic rings. The predicted molar refractivity (Wildman–Crippen MR) is 104 cm³/mol. The van der Waals surface area contributed by atoms with Crippen molar-refractivity contribution in [2.24, 2.45) is 0 Å². The van der Waals surface area contributed by atoms with E-state index in [1.165, 1.54) is 17.0 Å². The first-order valence-electron chi connectivity index (χ1n) is 9.16. The maximum Gasteiger partial charge on any atom is 0.416 e. The van der Waals surface area contributed by atoms with Crippen LogP contribution in [0.4, 0.5) is 23.7 Å². The second kappa shape index (κ2) is 7.98. The Morgan fingerprint density at radius 3 is 2.77 bits per heavy atom. The van der Waals surface area contributed by atoms with Gasteiger partial charge in [0.2, 0.25) is 11.7 Å². The zero-order valence-electron chi connectivity index (χ0n) is 15.5. The van der Waals surface area contributed by atoms with Gasteiger partial charge in [0.25, 0.3) is 0 Å². The molecule has 2 amide bonds. The van der Waals surface area contributed by atoms with Crippen molar-refractivity contribution in [1.29, 1.82) is 0 Å². The molecule has 1 fully saturated rings. The van der Waals surface area contributed by atoms with Crippen LogP contribution >= 0.6 is 11.6 Å². The van der Waals surface area contributed by atoms with E-state index >= 15 is 0 Å². The molecule has 2 aromatic carbocycles. The standard InChI is InChI=1S/C20H16ClF3N4O2/c21-14-6-1-4-12(10-14)17-26-18(30-27-17)16-8-3-9-28(16)19(29)25-15-7-2-5-13(11-15)20(22,23)24/h1-2,4-7,10-11,16H,3,8-9H2,(H,25,29). The highest BCUT2D eigenvalue weighted by Crippen LogP contribution is 2.34. The molecule has 1 aliphatic heterocycles. The number of anilines is 1. The first-order chi connectivity index (χ1) is 14.3. The molecule has 1 unspecified atom stereocenters. The molecular weight excluding hydrogens is 421 g/mol. The van der Waals surface area contributed by atoms with Crippen molar-refractivity contribution in [2.75, 3.05) is 11.9 Å². The maximum atomic E-state index is 12.9. The lowest BCUT2D eigenvalue weighted by Gasteiger charge is -2.22. The van der Waals surface area contributed by atoms with Gasteiger partial charge in [0, 0.05) is 22.8 Å². The lowest BCUT2D eigenvalue weighted by Crippen LogP contribution is -2.34. The number of carbonyl (C=O) groups is 1. The summed E-state index contributed by atoms with van der Waals surface area (Å²) in [6.45, 7) is 0.421. The van der Waals surface area contributed by atoms with Gasteiger partial charge in [0.05, 0.1) is 5.56 Å². The van der Waals surface area contributed by atoms with Gasteiger partial charge in [-0.2, -0.15) is 18.2 Å². The van der Waals surface area contributed by atoms with Crippen molar-refractivity contribution < 1.29 is 22.5 Å². The lowest BCUT2D eigenvalue weighted by molar-refractivity contribution is -0.137. The van der Waals surface area contributed by atoms with E-state index in [1.807, 2.05) is 0 Å². The summed E-state index contributed by atoms with van der Waals surface area (Å²) < 4.78 is 44.1.